The fourth-order valence-electron chi connectivity index (χ4n) is 4.61. The monoisotopic (exact) mass is 393 g/mol. The third-order valence-electron chi connectivity index (χ3n) is 6.08. The molecule has 0 aliphatic carbocycles. The van der Waals surface area contributed by atoms with Gasteiger partial charge < -0.3 is 9.80 Å². The van der Waals surface area contributed by atoms with Crippen molar-refractivity contribution in [2.24, 2.45) is 11.8 Å². The molecule has 0 spiro atoms. The topological polar surface area (TPSA) is 60.9 Å². The van der Waals surface area contributed by atoms with E-state index in [9.17, 15) is 13.2 Å². The molecule has 0 radical (unpaired) electrons. The van der Waals surface area contributed by atoms with Crippen molar-refractivity contribution in [2.75, 3.05) is 46.0 Å². The van der Waals surface area contributed by atoms with Crippen molar-refractivity contribution in [3.8, 4) is 0 Å². The van der Waals surface area contributed by atoms with Gasteiger partial charge in [-0.05, 0) is 36.9 Å². The summed E-state index contributed by atoms with van der Waals surface area (Å²) in [7, 11) is 0.0300. The zero-order chi connectivity index (χ0) is 19.8. The fourth-order valence-corrected chi connectivity index (χ4v) is 5.47. The molecule has 6 nitrogen and oxygen atoms in total. The SMILES string of the molecule is CC(=O)N1C[C@H]2CN(CCCS(=O)(=O)N(C)C)C[C@H]2[C@@H]1c1ccccc1C. The minimum Gasteiger partial charge on any atom is -0.335 e. The van der Waals surface area contributed by atoms with Crippen LogP contribution >= 0.6 is 0 Å². The highest BCUT2D eigenvalue weighted by Gasteiger charge is 2.48. The zero-order valence-electron chi connectivity index (χ0n) is 16.8. The predicted molar refractivity (Wildman–Crippen MR) is 107 cm³/mol. The number of carbonyl (C=O) groups excluding carboxylic acids is 1. The molecule has 0 bridgehead atoms. The van der Waals surface area contributed by atoms with Crippen LogP contribution in [-0.4, -0.2) is 74.5 Å². The number of hydrogen-bond acceptors (Lipinski definition) is 4. The third kappa shape index (κ3) is 4.20. The molecule has 27 heavy (non-hydrogen) atoms. The number of carbonyl (C=O) groups is 1. The molecule has 3 rings (SSSR count). The van der Waals surface area contributed by atoms with Gasteiger partial charge in [-0.15, -0.1) is 0 Å². The van der Waals surface area contributed by atoms with Gasteiger partial charge in [-0.2, -0.15) is 0 Å². The highest BCUT2D eigenvalue weighted by Crippen LogP contribution is 2.45. The van der Waals surface area contributed by atoms with Crippen molar-refractivity contribution in [2.45, 2.75) is 26.3 Å². The van der Waals surface area contributed by atoms with Crippen LogP contribution in [0, 0.1) is 18.8 Å². The maximum atomic E-state index is 12.2. The van der Waals surface area contributed by atoms with Crippen LogP contribution in [0.25, 0.3) is 0 Å². The van der Waals surface area contributed by atoms with Gasteiger partial charge in [0.25, 0.3) is 0 Å². The summed E-state index contributed by atoms with van der Waals surface area (Å²) < 4.78 is 25.2. The first-order valence-corrected chi connectivity index (χ1v) is 11.3. The van der Waals surface area contributed by atoms with E-state index in [1.54, 1.807) is 21.0 Å². The van der Waals surface area contributed by atoms with E-state index in [2.05, 4.69) is 24.0 Å². The maximum Gasteiger partial charge on any atom is 0.219 e. The van der Waals surface area contributed by atoms with E-state index in [1.807, 2.05) is 17.0 Å². The first kappa shape index (κ1) is 20.3. The van der Waals surface area contributed by atoms with E-state index in [0.29, 0.717) is 18.3 Å². The van der Waals surface area contributed by atoms with Gasteiger partial charge in [0.05, 0.1) is 11.8 Å². The summed E-state index contributed by atoms with van der Waals surface area (Å²) in [5.74, 6) is 1.21. The summed E-state index contributed by atoms with van der Waals surface area (Å²) >= 11 is 0. The van der Waals surface area contributed by atoms with Gasteiger partial charge in [0, 0.05) is 46.6 Å². The second kappa shape index (κ2) is 7.89. The van der Waals surface area contributed by atoms with Gasteiger partial charge in [-0.25, -0.2) is 12.7 Å². The molecular weight excluding hydrogens is 362 g/mol. The number of rotatable bonds is 6. The van der Waals surface area contributed by atoms with Crippen LogP contribution in [0.3, 0.4) is 0 Å². The summed E-state index contributed by atoms with van der Waals surface area (Å²) in [4.78, 5) is 16.7. The highest BCUT2D eigenvalue weighted by molar-refractivity contribution is 7.89. The number of sulfonamides is 1. The molecule has 7 heteroatoms. The Hall–Kier alpha value is -1.44. The molecule has 3 atom stereocenters. The largest absolute Gasteiger partial charge is 0.335 e. The number of fused-ring (bicyclic) bond motifs is 1. The van der Waals surface area contributed by atoms with E-state index in [-0.39, 0.29) is 17.7 Å². The van der Waals surface area contributed by atoms with Gasteiger partial charge in [0.15, 0.2) is 0 Å². The van der Waals surface area contributed by atoms with E-state index < -0.39 is 10.0 Å². The lowest BCUT2D eigenvalue weighted by atomic mass is 9.87. The molecule has 1 aromatic carbocycles. The molecule has 150 valence electrons. The Kier molecular flexibility index (Phi) is 5.93. The van der Waals surface area contributed by atoms with Gasteiger partial charge in [0.1, 0.15) is 0 Å². The average Bonchev–Trinajstić information content (AvgIpc) is 3.12. The van der Waals surface area contributed by atoms with Crippen LogP contribution in [0.5, 0.6) is 0 Å². The molecule has 2 heterocycles. The van der Waals surface area contributed by atoms with Crippen molar-refractivity contribution in [1.29, 1.82) is 0 Å². The van der Waals surface area contributed by atoms with Gasteiger partial charge in [-0.1, -0.05) is 24.3 Å². The van der Waals surface area contributed by atoms with Crippen LogP contribution in [-0.2, 0) is 14.8 Å². The number of nitrogens with zero attached hydrogens (tertiary/aromatic N) is 3. The molecule has 2 saturated heterocycles. The Balaban J connectivity index is 1.68. The zero-order valence-corrected chi connectivity index (χ0v) is 17.6. The van der Waals surface area contributed by atoms with Crippen LogP contribution in [0.2, 0.25) is 0 Å². The normalized spacial score (nSPS) is 26.0. The van der Waals surface area contributed by atoms with Gasteiger partial charge in [-0.3, -0.25) is 4.79 Å². The second-order valence-electron chi connectivity index (χ2n) is 8.11. The average molecular weight is 394 g/mol. The smallest absolute Gasteiger partial charge is 0.219 e. The lowest BCUT2D eigenvalue weighted by Crippen LogP contribution is -2.35. The first-order valence-electron chi connectivity index (χ1n) is 9.66. The van der Waals surface area contributed by atoms with Crippen LogP contribution in [0.15, 0.2) is 24.3 Å². The second-order valence-corrected chi connectivity index (χ2v) is 10.4. The molecule has 2 fully saturated rings. The van der Waals surface area contributed by atoms with Crippen LogP contribution < -0.4 is 0 Å². The Labute approximate surface area is 163 Å². The van der Waals surface area contributed by atoms with Gasteiger partial charge in [0.2, 0.25) is 15.9 Å². The Bertz CT molecular complexity index is 793. The lowest BCUT2D eigenvalue weighted by molar-refractivity contribution is -0.130. The number of amides is 1. The summed E-state index contributed by atoms with van der Waals surface area (Å²) in [6, 6.07) is 8.47. The number of likely N-dealkylation sites (tertiary alicyclic amines) is 2. The summed E-state index contributed by atoms with van der Waals surface area (Å²) in [6.45, 7) is 7.23. The minimum atomic E-state index is -3.13. The Morgan fingerprint density at radius 1 is 1.19 bits per heavy atom. The molecule has 2 aliphatic rings. The lowest BCUT2D eigenvalue weighted by Gasteiger charge is -2.30. The number of hydrogen-bond donors (Lipinski definition) is 0. The molecule has 0 unspecified atom stereocenters. The van der Waals surface area contributed by atoms with Crippen molar-refractivity contribution >= 4 is 15.9 Å². The predicted octanol–water partition coefficient (Wildman–Crippen LogP) is 1.73. The van der Waals surface area contributed by atoms with Gasteiger partial charge >= 0.3 is 0 Å². The van der Waals surface area contributed by atoms with E-state index >= 15 is 0 Å². The van der Waals surface area contributed by atoms with Crippen molar-refractivity contribution in [3.05, 3.63) is 35.4 Å². The van der Waals surface area contributed by atoms with Crippen molar-refractivity contribution < 1.29 is 13.2 Å². The van der Waals surface area contributed by atoms with E-state index in [4.69, 9.17) is 0 Å². The molecular formula is C20H31N3O3S. The molecule has 2 aliphatic heterocycles. The Morgan fingerprint density at radius 2 is 1.89 bits per heavy atom. The fraction of sp³-hybridized carbons (Fsp3) is 0.650. The first-order chi connectivity index (χ1) is 12.7. The van der Waals surface area contributed by atoms with E-state index in [0.717, 1.165) is 26.2 Å². The van der Waals surface area contributed by atoms with Crippen LogP contribution in [0.4, 0.5) is 0 Å². The maximum absolute atomic E-state index is 12.2. The standard InChI is InChI=1S/C20H31N3O3S/c1-15-8-5-6-9-18(15)20-19-14-22(10-7-11-27(25,26)21(3)4)12-17(19)13-23(20)16(2)24/h5-6,8-9,17,19-20H,7,10-14H2,1-4H3/t17-,19-,20+/m1/s1. The van der Waals surface area contributed by atoms with Crippen molar-refractivity contribution in [3.63, 3.8) is 0 Å². The molecule has 1 amide bonds. The summed E-state index contributed by atoms with van der Waals surface area (Å²) in [6.07, 6.45) is 0.644. The number of benzene rings is 1. The molecule has 0 saturated carbocycles. The molecule has 0 aromatic heterocycles. The molecule has 0 N–H and O–H groups in total. The van der Waals surface area contributed by atoms with Crippen molar-refractivity contribution in [1.82, 2.24) is 14.1 Å². The summed E-state index contributed by atoms with van der Waals surface area (Å²) in [5, 5.41) is 0. The minimum absolute atomic E-state index is 0.129. The molecule has 1 aromatic rings. The quantitative estimate of drug-likeness (QED) is 0.738. The number of aryl methyl sites for hydroxylation is 1. The highest BCUT2D eigenvalue weighted by atomic mass is 32.2. The Morgan fingerprint density at radius 3 is 2.52 bits per heavy atom. The van der Waals surface area contributed by atoms with Crippen LogP contribution in [0.1, 0.15) is 30.5 Å². The summed E-state index contributed by atoms with van der Waals surface area (Å²) in [5.41, 5.74) is 2.47. The third-order valence-corrected chi connectivity index (χ3v) is 8.00. The van der Waals surface area contributed by atoms with E-state index in [1.165, 1.54) is 15.4 Å².